The molecule has 142 valence electrons. The van der Waals surface area contributed by atoms with Crippen molar-refractivity contribution in [3.8, 4) is 0 Å². The SMILES string of the molecule is CCCCCCC1=C(N(C2CCCCC2)[SiH](C)c2ccccc2)CC=C1. The molecular formula is C24H37NSi. The zero-order valence-electron chi connectivity index (χ0n) is 16.9. The molecule has 2 aliphatic carbocycles. The van der Waals surface area contributed by atoms with E-state index in [0.717, 1.165) is 6.04 Å². The molecule has 0 aromatic heterocycles. The van der Waals surface area contributed by atoms with E-state index < -0.39 is 8.96 Å². The summed E-state index contributed by atoms with van der Waals surface area (Å²) in [7, 11) is -1.15. The highest BCUT2D eigenvalue weighted by Gasteiger charge is 2.30. The fraction of sp³-hybridized carbons (Fsp3) is 0.583. The van der Waals surface area contributed by atoms with E-state index in [1.54, 1.807) is 16.5 Å². The van der Waals surface area contributed by atoms with Crippen LogP contribution in [-0.2, 0) is 0 Å². The Labute approximate surface area is 162 Å². The molecule has 0 aliphatic heterocycles. The van der Waals surface area contributed by atoms with Crippen LogP contribution in [0.2, 0.25) is 6.55 Å². The lowest BCUT2D eigenvalue weighted by Gasteiger charge is -2.42. The van der Waals surface area contributed by atoms with Gasteiger partial charge in [-0.15, -0.1) is 0 Å². The predicted molar refractivity (Wildman–Crippen MR) is 117 cm³/mol. The highest BCUT2D eigenvalue weighted by Crippen LogP contribution is 2.33. The predicted octanol–water partition coefficient (Wildman–Crippen LogP) is 6.07. The summed E-state index contributed by atoms with van der Waals surface area (Å²) in [4.78, 5) is 0. The van der Waals surface area contributed by atoms with Gasteiger partial charge in [0.25, 0.3) is 0 Å². The number of hydrogen-bond acceptors (Lipinski definition) is 1. The fourth-order valence-corrected chi connectivity index (χ4v) is 7.57. The maximum atomic E-state index is 2.96. The lowest BCUT2D eigenvalue weighted by Crippen LogP contribution is -2.51. The number of hydrogen-bond donors (Lipinski definition) is 0. The minimum Gasteiger partial charge on any atom is -0.396 e. The van der Waals surface area contributed by atoms with Crippen molar-refractivity contribution >= 4 is 14.1 Å². The molecule has 0 spiro atoms. The van der Waals surface area contributed by atoms with Crippen molar-refractivity contribution < 1.29 is 0 Å². The van der Waals surface area contributed by atoms with Crippen LogP contribution < -0.4 is 5.19 Å². The standard InChI is InChI=1S/C24H37NSi/c1-3-4-5-8-14-21-15-13-20-24(21)25(22-16-9-6-10-17-22)26(2)23-18-11-7-12-19-23/h7,11-13,15,18-19,22,26H,3-6,8-10,14,16-17,20H2,1-2H3. The third-order valence-corrected chi connectivity index (χ3v) is 9.20. The molecule has 1 saturated carbocycles. The van der Waals surface area contributed by atoms with Crippen molar-refractivity contribution in [1.29, 1.82) is 0 Å². The Morgan fingerprint density at radius 3 is 2.50 bits per heavy atom. The average molecular weight is 368 g/mol. The normalized spacial score (nSPS) is 19.2. The van der Waals surface area contributed by atoms with E-state index >= 15 is 0 Å². The van der Waals surface area contributed by atoms with E-state index in [2.05, 4.69) is 60.5 Å². The van der Waals surface area contributed by atoms with Gasteiger partial charge in [-0.25, -0.2) is 0 Å². The molecule has 26 heavy (non-hydrogen) atoms. The summed E-state index contributed by atoms with van der Waals surface area (Å²) in [6.07, 6.45) is 19.9. The number of allylic oxidation sites excluding steroid dienone is 3. The van der Waals surface area contributed by atoms with Crippen molar-refractivity contribution in [2.75, 3.05) is 0 Å². The van der Waals surface area contributed by atoms with Crippen LogP contribution in [0.3, 0.4) is 0 Å². The topological polar surface area (TPSA) is 3.24 Å². The smallest absolute Gasteiger partial charge is 0.168 e. The van der Waals surface area contributed by atoms with Crippen LogP contribution in [0, 0.1) is 0 Å². The molecule has 0 saturated heterocycles. The van der Waals surface area contributed by atoms with Crippen molar-refractivity contribution in [2.24, 2.45) is 0 Å². The minimum atomic E-state index is -1.15. The highest BCUT2D eigenvalue weighted by molar-refractivity contribution is 6.69. The summed E-state index contributed by atoms with van der Waals surface area (Å²) in [6.45, 7) is 4.86. The second-order valence-electron chi connectivity index (χ2n) is 8.17. The number of benzene rings is 1. The Kier molecular flexibility index (Phi) is 7.61. The molecule has 0 heterocycles. The lowest BCUT2D eigenvalue weighted by molar-refractivity contribution is 0.290. The zero-order chi connectivity index (χ0) is 18.2. The van der Waals surface area contributed by atoms with E-state index in [0.29, 0.717) is 0 Å². The molecule has 1 atom stereocenters. The van der Waals surface area contributed by atoms with Gasteiger partial charge < -0.3 is 4.57 Å². The second-order valence-corrected chi connectivity index (χ2v) is 10.7. The third kappa shape index (κ3) is 4.91. The fourth-order valence-electron chi connectivity index (χ4n) is 4.80. The summed E-state index contributed by atoms with van der Waals surface area (Å²) >= 11 is 0. The Balaban J connectivity index is 1.82. The first kappa shape index (κ1) is 19.5. The molecule has 0 bridgehead atoms. The van der Waals surface area contributed by atoms with Crippen LogP contribution in [0.15, 0.2) is 53.8 Å². The van der Waals surface area contributed by atoms with Crippen LogP contribution >= 0.6 is 0 Å². The number of rotatable bonds is 9. The van der Waals surface area contributed by atoms with E-state index in [-0.39, 0.29) is 0 Å². The molecule has 0 N–H and O–H groups in total. The molecule has 2 aliphatic rings. The first-order chi connectivity index (χ1) is 12.8. The second kappa shape index (κ2) is 10.2. The third-order valence-electron chi connectivity index (χ3n) is 6.28. The molecule has 2 heteroatoms. The van der Waals surface area contributed by atoms with Crippen molar-refractivity contribution in [2.45, 2.75) is 90.1 Å². The molecule has 1 fully saturated rings. The van der Waals surface area contributed by atoms with Gasteiger partial charge in [0.2, 0.25) is 0 Å². The van der Waals surface area contributed by atoms with Crippen LogP contribution in [0.25, 0.3) is 0 Å². The van der Waals surface area contributed by atoms with E-state index in [1.807, 2.05) is 0 Å². The molecule has 0 amide bonds. The van der Waals surface area contributed by atoms with Gasteiger partial charge in [-0.2, -0.15) is 0 Å². The summed E-state index contributed by atoms with van der Waals surface area (Å²) in [5.74, 6) is 0. The van der Waals surface area contributed by atoms with E-state index in [9.17, 15) is 0 Å². The van der Waals surface area contributed by atoms with Crippen molar-refractivity contribution in [3.63, 3.8) is 0 Å². The summed E-state index contributed by atoms with van der Waals surface area (Å²) in [5, 5.41) is 1.60. The van der Waals surface area contributed by atoms with Gasteiger partial charge in [0.15, 0.2) is 8.96 Å². The van der Waals surface area contributed by atoms with Gasteiger partial charge in [-0.1, -0.05) is 94.5 Å². The molecule has 1 aromatic carbocycles. The van der Waals surface area contributed by atoms with E-state index in [4.69, 9.17) is 0 Å². The number of nitrogens with zero attached hydrogens (tertiary/aromatic N) is 1. The van der Waals surface area contributed by atoms with Crippen molar-refractivity contribution in [3.05, 3.63) is 53.8 Å². The molecular weight excluding hydrogens is 330 g/mol. The van der Waals surface area contributed by atoms with Gasteiger partial charge in [0, 0.05) is 18.2 Å². The van der Waals surface area contributed by atoms with Crippen LogP contribution in [0.1, 0.15) is 77.6 Å². The summed E-state index contributed by atoms with van der Waals surface area (Å²) in [5.41, 5.74) is 3.35. The largest absolute Gasteiger partial charge is 0.396 e. The summed E-state index contributed by atoms with van der Waals surface area (Å²) in [6, 6.07) is 12.1. The quantitative estimate of drug-likeness (QED) is 0.378. The van der Waals surface area contributed by atoms with Gasteiger partial charge in [0.05, 0.1) is 0 Å². The maximum absolute atomic E-state index is 2.96. The van der Waals surface area contributed by atoms with Crippen LogP contribution in [0.5, 0.6) is 0 Å². The minimum absolute atomic E-state index is 0.783. The Hall–Kier alpha value is -1.28. The van der Waals surface area contributed by atoms with Gasteiger partial charge in [0.1, 0.15) is 0 Å². The molecule has 0 radical (unpaired) electrons. The van der Waals surface area contributed by atoms with Gasteiger partial charge >= 0.3 is 0 Å². The molecule has 1 nitrogen and oxygen atoms in total. The van der Waals surface area contributed by atoms with Gasteiger partial charge in [-0.05, 0) is 36.4 Å². The van der Waals surface area contributed by atoms with Crippen molar-refractivity contribution in [1.82, 2.24) is 4.57 Å². The average Bonchev–Trinajstić information content (AvgIpc) is 3.15. The van der Waals surface area contributed by atoms with E-state index in [1.165, 1.54) is 70.6 Å². The highest BCUT2D eigenvalue weighted by atomic mass is 28.3. The Bertz CT molecular complexity index is 598. The first-order valence-corrected chi connectivity index (χ1v) is 13.3. The first-order valence-electron chi connectivity index (χ1n) is 11.0. The molecule has 1 unspecified atom stereocenters. The van der Waals surface area contributed by atoms with Gasteiger partial charge in [-0.3, -0.25) is 0 Å². The molecule has 3 rings (SSSR count). The maximum Gasteiger partial charge on any atom is 0.168 e. The van der Waals surface area contributed by atoms with Crippen LogP contribution in [-0.4, -0.2) is 19.6 Å². The number of unbranched alkanes of at least 4 members (excludes halogenated alkanes) is 3. The van der Waals surface area contributed by atoms with Crippen LogP contribution in [0.4, 0.5) is 0 Å². The lowest BCUT2D eigenvalue weighted by atomic mass is 9.95. The molecule has 1 aromatic rings. The monoisotopic (exact) mass is 367 g/mol. The zero-order valence-corrected chi connectivity index (χ0v) is 18.1. The Morgan fingerprint density at radius 1 is 1.00 bits per heavy atom. The Morgan fingerprint density at radius 2 is 1.77 bits per heavy atom. The summed E-state index contributed by atoms with van der Waals surface area (Å²) < 4.78 is 2.96.